The van der Waals surface area contributed by atoms with Gasteiger partial charge in [0, 0.05) is 5.75 Å². The smallest absolute Gasteiger partial charge is 0.179 e. The summed E-state index contributed by atoms with van der Waals surface area (Å²) in [6, 6.07) is 0. The van der Waals surface area contributed by atoms with Crippen molar-refractivity contribution in [1.82, 2.24) is 0 Å². The molecule has 0 spiro atoms. The van der Waals surface area contributed by atoms with Gasteiger partial charge >= 0.3 is 0 Å². The molecule has 1 N–H and O–H groups in total. The van der Waals surface area contributed by atoms with Crippen LogP contribution in [0.2, 0.25) is 0 Å². The van der Waals surface area contributed by atoms with Gasteiger partial charge in [0.25, 0.3) is 0 Å². The van der Waals surface area contributed by atoms with Crippen LogP contribution in [0.3, 0.4) is 0 Å². The standard InChI is InChI=1S/C16H22F4O3S2/c1-3-5-7-10(8-6-4-2)9-24-15-11(17)13(19)16(25-23-22-21)14(20)12(15)18/h10,21H,3-9H2,1-2H3. The van der Waals surface area contributed by atoms with Gasteiger partial charge in [0.2, 0.25) is 0 Å². The van der Waals surface area contributed by atoms with E-state index in [1.807, 2.05) is 0 Å². The van der Waals surface area contributed by atoms with Gasteiger partial charge < -0.3 is 0 Å². The lowest BCUT2D eigenvalue weighted by atomic mass is 9.98. The van der Waals surface area contributed by atoms with Gasteiger partial charge in [0.1, 0.15) is 4.90 Å². The largest absolute Gasteiger partial charge is 0.220 e. The van der Waals surface area contributed by atoms with Crippen molar-refractivity contribution in [2.45, 2.75) is 62.2 Å². The maximum Gasteiger partial charge on any atom is 0.179 e. The van der Waals surface area contributed by atoms with E-state index < -0.39 is 33.1 Å². The summed E-state index contributed by atoms with van der Waals surface area (Å²) in [5.41, 5.74) is 0. The average molecular weight is 402 g/mol. The molecule has 0 bridgehead atoms. The van der Waals surface area contributed by atoms with Gasteiger partial charge in [-0.15, -0.1) is 16.1 Å². The molecule has 0 saturated heterocycles. The Kier molecular flexibility index (Phi) is 10.8. The minimum atomic E-state index is -1.58. The summed E-state index contributed by atoms with van der Waals surface area (Å²) in [6.45, 7) is 4.12. The molecule has 1 aromatic rings. The summed E-state index contributed by atoms with van der Waals surface area (Å²) in [4.78, 5) is -1.73. The number of hydrogen-bond donors (Lipinski definition) is 1. The van der Waals surface area contributed by atoms with Gasteiger partial charge in [-0.1, -0.05) is 44.6 Å². The van der Waals surface area contributed by atoms with Crippen molar-refractivity contribution in [3.05, 3.63) is 23.3 Å². The number of rotatable bonds is 12. The van der Waals surface area contributed by atoms with Gasteiger partial charge in [0.05, 0.1) is 16.9 Å². The minimum absolute atomic E-state index is 0.154. The molecule has 3 nitrogen and oxygen atoms in total. The Balaban J connectivity index is 2.93. The molecular weight excluding hydrogens is 380 g/mol. The first kappa shape index (κ1) is 22.6. The summed E-state index contributed by atoms with van der Waals surface area (Å²) < 4.78 is 59.9. The zero-order chi connectivity index (χ0) is 18.8. The monoisotopic (exact) mass is 402 g/mol. The quantitative estimate of drug-likeness (QED) is 0.104. The topological polar surface area (TPSA) is 38.7 Å². The van der Waals surface area contributed by atoms with Gasteiger partial charge in [-0.3, -0.25) is 0 Å². The van der Waals surface area contributed by atoms with Gasteiger partial charge in [-0.25, -0.2) is 22.8 Å². The second-order valence-electron chi connectivity index (χ2n) is 5.60. The lowest BCUT2D eigenvalue weighted by molar-refractivity contribution is -0.432. The molecule has 1 aromatic carbocycles. The Labute approximate surface area is 153 Å². The van der Waals surface area contributed by atoms with Crippen molar-refractivity contribution in [2.75, 3.05) is 5.75 Å². The van der Waals surface area contributed by atoms with Crippen LogP contribution in [0.4, 0.5) is 17.6 Å². The van der Waals surface area contributed by atoms with Gasteiger partial charge in [0.15, 0.2) is 23.3 Å². The first-order valence-corrected chi connectivity index (χ1v) is 9.83. The summed E-state index contributed by atoms with van der Waals surface area (Å²) in [5, 5.41) is 11.2. The number of hydrogen-bond acceptors (Lipinski definition) is 5. The third kappa shape index (κ3) is 6.63. The second-order valence-corrected chi connectivity index (χ2v) is 7.34. The van der Waals surface area contributed by atoms with E-state index in [2.05, 4.69) is 23.2 Å². The highest BCUT2D eigenvalue weighted by Crippen LogP contribution is 2.37. The molecule has 0 amide bonds. The molecule has 25 heavy (non-hydrogen) atoms. The molecule has 0 aliphatic heterocycles. The summed E-state index contributed by atoms with van der Waals surface area (Å²) >= 11 is 0.629. The van der Waals surface area contributed by atoms with Crippen LogP contribution < -0.4 is 0 Å². The fourth-order valence-corrected chi connectivity index (χ4v) is 3.93. The van der Waals surface area contributed by atoms with Crippen molar-refractivity contribution < 1.29 is 32.2 Å². The molecule has 0 radical (unpaired) electrons. The highest BCUT2D eigenvalue weighted by molar-refractivity contribution is 7.99. The predicted octanol–water partition coefficient (Wildman–Crippen LogP) is 6.76. The normalized spacial score (nSPS) is 11.5. The highest BCUT2D eigenvalue weighted by atomic mass is 32.2. The third-order valence-electron chi connectivity index (χ3n) is 3.73. The second kappa shape index (κ2) is 12.0. The SMILES string of the molecule is CCCCC(CCCC)CSc1c(F)c(F)c(SOOO)c(F)c1F. The van der Waals surface area contributed by atoms with E-state index in [4.69, 9.17) is 5.26 Å². The molecule has 9 heteroatoms. The number of halogens is 4. The highest BCUT2D eigenvalue weighted by Gasteiger charge is 2.27. The van der Waals surface area contributed by atoms with Crippen LogP contribution in [0.5, 0.6) is 0 Å². The first-order chi connectivity index (χ1) is 12.0. The first-order valence-electron chi connectivity index (χ1n) is 8.11. The molecular formula is C16H22F4O3S2. The zero-order valence-corrected chi connectivity index (χ0v) is 15.8. The Bertz CT molecular complexity index is 510. The molecule has 144 valence electrons. The summed E-state index contributed by atoms with van der Waals surface area (Å²) in [6.07, 6.45) is 5.84. The van der Waals surface area contributed by atoms with Crippen LogP contribution in [-0.2, 0) is 9.37 Å². The molecule has 0 heterocycles. The maximum absolute atomic E-state index is 14.1. The molecule has 0 fully saturated rings. The minimum Gasteiger partial charge on any atom is -0.220 e. The van der Waals surface area contributed by atoms with Crippen molar-refractivity contribution in [3.63, 3.8) is 0 Å². The van der Waals surface area contributed by atoms with Crippen LogP contribution in [0.15, 0.2) is 9.79 Å². The predicted molar refractivity (Wildman–Crippen MR) is 90.2 cm³/mol. The molecule has 0 aliphatic rings. The van der Waals surface area contributed by atoms with E-state index >= 15 is 0 Å². The lowest BCUT2D eigenvalue weighted by Gasteiger charge is -2.17. The Morgan fingerprint density at radius 3 is 1.80 bits per heavy atom. The Hall–Kier alpha value is -0.480. The van der Waals surface area contributed by atoms with Crippen LogP contribution in [0.1, 0.15) is 52.4 Å². The molecule has 0 unspecified atom stereocenters. The van der Waals surface area contributed by atoms with Crippen LogP contribution in [0.25, 0.3) is 0 Å². The van der Waals surface area contributed by atoms with Gasteiger partial charge in [-0.05, 0) is 18.8 Å². The Morgan fingerprint density at radius 1 is 0.880 bits per heavy atom. The van der Waals surface area contributed by atoms with Crippen molar-refractivity contribution in [1.29, 1.82) is 0 Å². The van der Waals surface area contributed by atoms with Crippen molar-refractivity contribution in [2.24, 2.45) is 5.92 Å². The molecule has 1 rings (SSSR count). The number of benzene rings is 1. The molecule has 0 saturated carbocycles. The third-order valence-corrected chi connectivity index (χ3v) is 5.66. The maximum atomic E-state index is 14.1. The van der Waals surface area contributed by atoms with E-state index in [1.165, 1.54) is 0 Å². The number of thioether (sulfide) groups is 1. The van der Waals surface area contributed by atoms with Crippen LogP contribution in [-0.4, -0.2) is 11.0 Å². The molecule has 0 aromatic heterocycles. The molecule has 0 atom stereocenters. The molecule has 0 aliphatic carbocycles. The van der Waals surface area contributed by atoms with Crippen LogP contribution in [0, 0.1) is 29.2 Å². The van der Waals surface area contributed by atoms with Crippen molar-refractivity contribution in [3.8, 4) is 0 Å². The fourth-order valence-electron chi connectivity index (χ4n) is 2.34. The van der Waals surface area contributed by atoms with E-state index in [0.717, 1.165) is 50.3 Å². The van der Waals surface area contributed by atoms with Crippen LogP contribution >= 0.6 is 23.8 Å². The van der Waals surface area contributed by atoms with E-state index in [0.29, 0.717) is 5.75 Å². The lowest BCUT2D eigenvalue weighted by Crippen LogP contribution is -2.07. The van der Waals surface area contributed by atoms with Gasteiger partial charge in [-0.2, -0.15) is 0 Å². The van der Waals surface area contributed by atoms with E-state index in [9.17, 15) is 17.6 Å². The van der Waals surface area contributed by atoms with Crippen molar-refractivity contribution >= 4 is 23.8 Å². The van der Waals surface area contributed by atoms with E-state index in [1.54, 1.807) is 0 Å². The zero-order valence-electron chi connectivity index (χ0n) is 14.1. The Morgan fingerprint density at radius 2 is 1.36 bits per heavy atom. The summed E-state index contributed by atoms with van der Waals surface area (Å²) in [5.74, 6) is -5.50. The summed E-state index contributed by atoms with van der Waals surface area (Å²) in [7, 11) is 0. The average Bonchev–Trinajstić information content (AvgIpc) is 2.61. The fraction of sp³-hybridized carbons (Fsp3) is 0.625. The number of unbranched alkanes of at least 4 members (excludes halogenated alkanes) is 2. The van der Waals surface area contributed by atoms with E-state index in [-0.39, 0.29) is 18.0 Å².